The fourth-order valence-corrected chi connectivity index (χ4v) is 4.47. The Hall–Kier alpha value is -1.96. The average Bonchev–Trinajstić information content (AvgIpc) is 3.07. The van der Waals surface area contributed by atoms with Gasteiger partial charge in [0.25, 0.3) is 0 Å². The van der Waals surface area contributed by atoms with Crippen LogP contribution >= 0.6 is 43.4 Å². The largest absolute Gasteiger partial charge is 0.368 e. The highest BCUT2D eigenvalue weighted by Gasteiger charge is 2.15. The van der Waals surface area contributed by atoms with Crippen LogP contribution in [0.2, 0.25) is 0 Å². The maximum Gasteiger partial charge on any atom is 0.222 e. The van der Waals surface area contributed by atoms with Gasteiger partial charge in [0.1, 0.15) is 0 Å². The van der Waals surface area contributed by atoms with Crippen molar-refractivity contribution in [1.82, 2.24) is 9.97 Å². The highest BCUT2D eigenvalue weighted by Crippen LogP contribution is 2.37. The molecule has 2 N–H and O–H groups in total. The Morgan fingerprint density at radius 3 is 2.48 bits per heavy atom. The standard InChI is InChI=1S/C18H12Br2N4S/c19-16-9-8-15(25-16)11-6-7-14-13(10-11)17(23-18(21)22-14)24(20)12-4-2-1-3-5-12/h1-10H,(H2,21,22,23). The van der Waals surface area contributed by atoms with Gasteiger partial charge in [-0.25, -0.2) is 4.98 Å². The molecule has 7 heteroatoms. The molecule has 0 amide bonds. The van der Waals surface area contributed by atoms with E-state index >= 15 is 0 Å². The lowest BCUT2D eigenvalue weighted by Crippen LogP contribution is -2.07. The fourth-order valence-electron chi connectivity index (χ4n) is 2.58. The predicted molar refractivity (Wildman–Crippen MR) is 112 cm³/mol. The molecular weight excluding hydrogens is 464 g/mol. The Morgan fingerprint density at radius 2 is 1.76 bits per heavy atom. The van der Waals surface area contributed by atoms with Crippen LogP contribution in [0.1, 0.15) is 0 Å². The summed E-state index contributed by atoms with van der Waals surface area (Å²) in [5, 5.41) is 0.928. The molecule has 0 spiro atoms. The first kappa shape index (κ1) is 16.5. The molecule has 2 heterocycles. The van der Waals surface area contributed by atoms with Crippen LogP contribution in [0.4, 0.5) is 17.5 Å². The average molecular weight is 476 g/mol. The second kappa shape index (κ2) is 6.74. The number of nitrogen functional groups attached to an aromatic ring is 1. The second-order valence-electron chi connectivity index (χ2n) is 5.36. The molecule has 4 aromatic rings. The van der Waals surface area contributed by atoms with Crippen molar-refractivity contribution in [2.24, 2.45) is 0 Å². The normalized spacial score (nSPS) is 11.0. The van der Waals surface area contributed by atoms with E-state index in [0.717, 1.165) is 25.9 Å². The number of nitrogens with zero attached hydrogens (tertiary/aromatic N) is 3. The van der Waals surface area contributed by atoms with Crippen molar-refractivity contribution < 1.29 is 0 Å². The van der Waals surface area contributed by atoms with E-state index in [2.05, 4.69) is 60.2 Å². The summed E-state index contributed by atoms with van der Waals surface area (Å²) in [5.41, 5.74) is 8.81. The number of aromatic nitrogens is 2. The number of hydrogen-bond acceptors (Lipinski definition) is 5. The van der Waals surface area contributed by atoms with Crippen molar-refractivity contribution in [2.45, 2.75) is 0 Å². The molecule has 2 aromatic carbocycles. The SMILES string of the molecule is Nc1nc(N(Br)c2ccccc2)c2cc(-c3ccc(Br)s3)ccc2n1. The maximum absolute atomic E-state index is 5.92. The summed E-state index contributed by atoms with van der Waals surface area (Å²) < 4.78 is 2.95. The summed E-state index contributed by atoms with van der Waals surface area (Å²) in [6.07, 6.45) is 0. The molecule has 0 unspecified atom stereocenters. The molecule has 0 radical (unpaired) electrons. The molecule has 0 atom stereocenters. The first-order valence-electron chi connectivity index (χ1n) is 7.46. The van der Waals surface area contributed by atoms with E-state index in [1.54, 1.807) is 11.3 Å². The number of para-hydroxylation sites is 1. The number of fused-ring (bicyclic) bond motifs is 1. The van der Waals surface area contributed by atoms with Crippen LogP contribution in [0.25, 0.3) is 21.3 Å². The van der Waals surface area contributed by atoms with Crippen molar-refractivity contribution in [3.63, 3.8) is 0 Å². The van der Waals surface area contributed by atoms with Crippen molar-refractivity contribution >= 4 is 71.8 Å². The highest BCUT2D eigenvalue weighted by molar-refractivity contribution is 9.11. The Morgan fingerprint density at radius 1 is 0.960 bits per heavy atom. The Kier molecular flexibility index (Phi) is 4.45. The molecule has 2 aromatic heterocycles. The van der Waals surface area contributed by atoms with Crippen LogP contribution in [-0.2, 0) is 0 Å². The Bertz CT molecular complexity index is 1050. The van der Waals surface area contributed by atoms with Gasteiger partial charge in [0.2, 0.25) is 5.95 Å². The van der Waals surface area contributed by atoms with Gasteiger partial charge >= 0.3 is 0 Å². The van der Waals surface area contributed by atoms with Gasteiger partial charge in [-0.2, -0.15) is 4.98 Å². The summed E-state index contributed by atoms with van der Waals surface area (Å²) in [6, 6.07) is 20.2. The zero-order chi connectivity index (χ0) is 17.4. The molecule has 25 heavy (non-hydrogen) atoms. The third-order valence-electron chi connectivity index (χ3n) is 3.72. The van der Waals surface area contributed by atoms with Crippen LogP contribution in [0.5, 0.6) is 0 Å². The lowest BCUT2D eigenvalue weighted by Gasteiger charge is -2.18. The van der Waals surface area contributed by atoms with Gasteiger partial charge in [-0.1, -0.05) is 24.3 Å². The molecule has 0 fully saturated rings. The molecule has 0 saturated carbocycles. The number of thiophene rings is 1. The molecule has 0 aliphatic heterocycles. The molecular formula is C18H12Br2N4S. The quantitative estimate of drug-likeness (QED) is 0.361. The van der Waals surface area contributed by atoms with Crippen LogP contribution in [0.3, 0.4) is 0 Å². The molecule has 4 rings (SSSR count). The van der Waals surface area contributed by atoms with Crippen molar-refractivity contribution in [3.05, 3.63) is 64.5 Å². The monoisotopic (exact) mass is 474 g/mol. The van der Waals surface area contributed by atoms with Gasteiger partial charge in [-0.15, -0.1) is 11.3 Å². The van der Waals surface area contributed by atoms with Crippen molar-refractivity contribution in [2.75, 3.05) is 9.66 Å². The van der Waals surface area contributed by atoms with E-state index < -0.39 is 0 Å². The van der Waals surface area contributed by atoms with Crippen LogP contribution in [0.15, 0.2) is 64.5 Å². The van der Waals surface area contributed by atoms with E-state index in [1.165, 1.54) is 4.88 Å². The zero-order valence-corrected chi connectivity index (χ0v) is 16.8. The smallest absolute Gasteiger partial charge is 0.222 e. The van der Waals surface area contributed by atoms with Gasteiger partial charge in [0.15, 0.2) is 5.82 Å². The Balaban J connectivity index is 1.90. The van der Waals surface area contributed by atoms with Gasteiger partial charge < -0.3 is 5.73 Å². The second-order valence-corrected chi connectivity index (χ2v) is 8.53. The van der Waals surface area contributed by atoms with Crippen LogP contribution in [0, 0.1) is 0 Å². The van der Waals surface area contributed by atoms with Crippen molar-refractivity contribution in [3.8, 4) is 10.4 Å². The molecule has 0 saturated heterocycles. The summed E-state index contributed by atoms with van der Waals surface area (Å²) in [7, 11) is 0. The van der Waals surface area contributed by atoms with E-state index in [-0.39, 0.29) is 5.95 Å². The van der Waals surface area contributed by atoms with Gasteiger partial charge in [-0.3, -0.25) is 3.93 Å². The van der Waals surface area contributed by atoms with E-state index in [0.29, 0.717) is 5.82 Å². The third kappa shape index (κ3) is 3.27. The molecule has 0 aliphatic carbocycles. The first-order valence-corrected chi connectivity index (χ1v) is 9.77. The number of nitrogens with two attached hydrogens (primary N) is 1. The highest BCUT2D eigenvalue weighted by atomic mass is 79.9. The van der Waals surface area contributed by atoms with Crippen molar-refractivity contribution in [1.29, 1.82) is 0 Å². The number of rotatable bonds is 3. The van der Waals surface area contributed by atoms with Gasteiger partial charge in [-0.05, 0) is 57.9 Å². The summed E-state index contributed by atoms with van der Waals surface area (Å²) >= 11 is 8.82. The number of anilines is 3. The molecule has 0 bridgehead atoms. The van der Waals surface area contributed by atoms with Crippen LogP contribution < -0.4 is 9.66 Å². The first-order chi connectivity index (χ1) is 12.1. The summed E-state index contributed by atoms with van der Waals surface area (Å²) in [5.74, 6) is 0.959. The third-order valence-corrected chi connectivity index (χ3v) is 6.14. The fraction of sp³-hybridized carbons (Fsp3) is 0. The topological polar surface area (TPSA) is 55.0 Å². The number of halogens is 2. The molecule has 124 valence electrons. The molecule has 4 nitrogen and oxygen atoms in total. The maximum atomic E-state index is 5.92. The zero-order valence-electron chi connectivity index (χ0n) is 12.9. The van der Waals surface area contributed by atoms with Gasteiger partial charge in [0, 0.05) is 10.3 Å². The minimum Gasteiger partial charge on any atom is -0.368 e. The number of hydrogen-bond donors (Lipinski definition) is 1. The van der Waals surface area contributed by atoms with E-state index in [1.807, 2.05) is 46.4 Å². The van der Waals surface area contributed by atoms with E-state index in [4.69, 9.17) is 5.73 Å². The predicted octanol–water partition coefficient (Wildman–Crippen LogP) is 6.15. The minimum absolute atomic E-state index is 0.245. The van der Waals surface area contributed by atoms with Crippen LogP contribution in [-0.4, -0.2) is 9.97 Å². The lowest BCUT2D eigenvalue weighted by molar-refractivity contribution is 1.21. The van der Waals surface area contributed by atoms with E-state index in [9.17, 15) is 0 Å². The summed E-state index contributed by atoms with van der Waals surface area (Å²) in [6.45, 7) is 0. The Labute approximate surface area is 165 Å². The molecule has 0 aliphatic rings. The minimum atomic E-state index is 0.245. The van der Waals surface area contributed by atoms with Gasteiger partial charge in [0.05, 0.1) is 31.1 Å². The number of benzene rings is 2. The lowest BCUT2D eigenvalue weighted by atomic mass is 10.1. The summed E-state index contributed by atoms with van der Waals surface area (Å²) in [4.78, 5) is 10.0.